The zero-order valence-corrected chi connectivity index (χ0v) is 23.6. The predicted molar refractivity (Wildman–Crippen MR) is 163 cm³/mol. The fourth-order valence-electron chi connectivity index (χ4n) is 3.80. The van der Waals surface area contributed by atoms with E-state index in [1.54, 1.807) is 84.9 Å². The van der Waals surface area contributed by atoms with Crippen molar-refractivity contribution >= 4 is 58.5 Å². The Bertz CT molecular complexity index is 1580. The van der Waals surface area contributed by atoms with E-state index in [9.17, 15) is 18.8 Å². The summed E-state index contributed by atoms with van der Waals surface area (Å²) >= 11 is 7.61. The standard InChI is InChI=1S/C32H27ClFN3O3S/c1-2-29(32(40)36-27-18-9-8-17-26(27)34)41-24-15-10-14-23(20-24)35-31(39)28(19-22-13-6-7-16-25(22)33)37-30(38)21-11-4-3-5-12-21/h3-20,29H,2H2,1H3,(H,35,39)(H,36,40)(H,37,38)/b28-19+. The lowest BCUT2D eigenvalue weighted by Crippen LogP contribution is -2.30. The van der Waals surface area contributed by atoms with Gasteiger partial charge in [0, 0.05) is 21.2 Å². The summed E-state index contributed by atoms with van der Waals surface area (Å²) in [5.41, 5.74) is 1.53. The molecule has 0 radical (unpaired) electrons. The Kier molecular flexibility index (Phi) is 10.3. The number of anilines is 2. The number of carbonyl (C=O) groups excluding carboxylic acids is 3. The van der Waals surface area contributed by atoms with Gasteiger partial charge >= 0.3 is 0 Å². The number of amides is 3. The van der Waals surface area contributed by atoms with E-state index in [0.717, 1.165) is 4.90 Å². The Morgan fingerprint density at radius 3 is 2.32 bits per heavy atom. The highest BCUT2D eigenvalue weighted by atomic mass is 35.5. The third-order valence-electron chi connectivity index (χ3n) is 5.90. The minimum Gasteiger partial charge on any atom is -0.323 e. The molecule has 0 fully saturated rings. The van der Waals surface area contributed by atoms with Gasteiger partial charge in [-0.05, 0) is 66.6 Å². The number of benzene rings is 4. The Hall–Kier alpha value is -4.40. The van der Waals surface area contributed by atoms with Crippen molar-refractivity contribution in [1.82, 2.24) is 5.32 Å². The fourth-order valence-corrected chi connectivity index (χ4v) is 5.00. The summed E-state index contributed by atoms with van der Waals surface area (Å²) in [5.74, 6) is -1.84. The highest BCUT2D eigenvalue weighted by Crippen LogP contribution is 2.29. The number of para-hydroxylation sites is 1. The number of halogens is 2. The van der Waals surface area contributed by atoms with Crippen LogP contribution < -0.4 is 16.0 Å². The van der Waals surface area contributed by atoms with E-state index in [0.29, 0.717) is 28.3 Å². The van der Waals surface area contributed by atoms with Crippen molar-refractivity contribution in [3.05, 3.63) is 131 Å². The molecule has 0 saturated carbocycles. The summed E-state index contributed by atoms with van der Waals surface area (Å²) in [4.78, 5) is 39.8. The van der Waals surface area contributed by atoms with Gasteiger partial charge in [0.25, 0.3) is 11.8 Å². The topological polar surface area (TPSA) is 87.3 Å². The maximum absolute atomic E-state index is 14.0. The molecule has 4 rings (SSSR count). The van der Waals surface area contributed by atoms with E-state index >= 15 is 0 Å². The molecule has 4 aromatic carbocycles. The molecular weight excluding hydrogens is 561 g/mol. The third-order valence-corrected chi connectivity index (χ3v) is 7.60. The molecule has 0 saturated heterocycles. The molecule has 208 valence electrons. The van der Waals surface area contributed by atoms with Crippen molar-refractivity contribution in [3.63, 3.8) is 0 Å². The number of nitrogens with one attached hydrogen (secondary N) is 3. The van der Waals surface area contributed by atoms with Gasteiger partial charge in [0.05, 0.1) is 10.9 Å². The minimum atomic E-state index is -0.555. The summed E-state index contributed by atoms with van der Waals surface area (Å²) in [6.45, 7) is 1.87. The maximum Gasteiger partial charge on any atom is 0.272 e. The van der Waals surface area contributed by atoms with Crippen molar-refractivity contribution in [2.24, 2.45) is 0 Å². The largest absolute Gasteiger partial charge is 0.323 e. The zero-order chi connectivity index (χ0) is 29.2. The van der Waals surface area contributed by atoms with Crippen LogP contribution in [0.25, 0.3) is 6.08 Å². The normalized spacial score (nSPS) is 11.8. The van der Waals surface area contributed by atoms with Crippen molar-refractivity contribution in [2.45, 2.75) is 23.5 Å². The van der Waals surface area contributed by atoms with Crippen molar-refractivity contribution < 1.29 is 18.8 Å². The molecule has 0 aromatic heterocycles. The van der Waals surface area contributed by atoms with Crippen LogP contribution in [0.2, 0.25) is 5.02 Å². The van der Waals surface area contributed by atoms with Crippen LogP contribution in [0.4, 0.5) is 15.8 Å². The SMILES string of the molecule is CCC(Sc1cccc(NC(=O)/C(=C\c2ccccc2Cl)NC(=O)c2ccccc2)c1)C(=O)Nc1ccccc1F. The summed E-state index contributed by atoms with van der Waals surface area (Å²) in [6.07, 6.45) is 2.01. The number of hydrogen-bond acceptors (Lipinski definition) is 4. The molecule has 0 aliphatic rings. The second-order valence-corrected chi connectivity index (χ2v) is 10.5. The molecular formula is C32H27ClFN3O3S. The maximum atomic E-state index is 14.0. The first-order chi connectivity index (χ1) is 19.8. The molecule has 3 N–H and O–H groups in total. The van der Waals surface area contributed by atoms with Crippen LogP contribution in [0.3, 0.4) is 0 Å². The van der Waals surface area contributed by atoms with Crippen LogP contribution >= 0.6 is 23.4 Å². The summed E-state index contributed by atoms with van der Waals surface area (Å²) in [7, 11) is 0. The molecule has 0 aliphatic heterocycles. The summed E-state index contributed by atoms with van der Waals surface area (Å²) in [6, 6.07) is 28.5. The van der Waals surface area contributed by atoms with Crippen LogP contribution in [0.5, 0.6) is 0 Å². The lowest BCUT2D eigenvalue weighted by atomic mass is 10.1. The molecule has 1 atom stereocenters. The molecule has 0 heterocycles. The van der Waals surface area contributed by atoms with Gasteiger partial charge in [-0.15, -0.1) is 11.8 Å². The Labute approximate surface area is 247 Å². The predicted octanol–water partition coefficient (Wildman–Crippen LogP) is 7.40. The highest BCUT2D eigenvalue weighted by Gasteiger charge is 2.20. The van der Waals surface area contributed by atoms with Crippen LogP contribution in [-0.2, 0) is 9.59 Å². The fraction of sp³-hybridized carbons (Fsp3) is 0.0938. The molecule has 4 aromatic rings. The lowest BCUT2D eigenvalue weighted by Gasteiger charge is -2.16. The summed E-state index contributed by atoms with van der Waals surface area (Å²) in [5, 5.41) is 8.07. The number of hydrogen-bond donors (Lipinski definition) is 3. The van der Waals surface area contributed by atoms with E-state index in [-0.39, 0.29) is 17.3 Å². The molecule has 1 unspecified atom stereocenters. The number of rotatable bonds is 10. The van der Waals surface area contributed by atoms with Gasteiger partial charge < -0.3 is 16.0 Å². The van der Waals surface area contributed by atoms with E-state index in [1.807, 2.05) is 13.0 Å². The van der Waals surface area contributed by atoms with Crippen LogP contribution in [0, 0.1) is 5.82 Å². The molecule has 3 amide bonds. The number of thioether (sulfide) groups is 1. The monoisotopic (exact) mass is 587 g/mol. The first-order valence-electron chi connectivity index (χ1n) is 12.8. The van der Waals surface area contributed by atoms with Gasteiger partial charge in [0.2, 0.25) is 5.91 Å². The average molecular weight is 588 g/mol. The van der Waals surface area contributed by atoms with Crippen molar-refractivity contribution in [1.29, 1.82) is 0 Å². The van der Waals surface area contributed by atoms with Gasteiger partial charge in [0.1, 0.15) is 11.5 Å². The minimum absolute atomic E-state index is 0.000657. The first-order valence-corrected chi connectivity index (χ1v) is 14.1. The number of carbonyl (C=O) groups is 3. The van der Waals surface area contributed by atoms with Gasteiger partial charge in [0.15, 0.2) is 0 Å². The molecule has 6 nitrogen and oxygen atoms in total. The highest BCUT2D eigenvalue weighted by molar-refractivity contribution is 8.00. The van der Waals surface area contributed by atoms with E-state index in [4.69, 9.17) is 11.6 Å². The molecule has 9 heteroatoms. The Balaban J connectivity index is 1.51. The Morgan fingerprint density at radius 2 is 1.59 bits per heavy atom. The molecule has 0 spiro atoms. The van der Waals surface area contributed by atoms with E-state index in [1.165, 1.54) is 30.0 Å². The van der Waals surface area contributed by atoms with Gasteiger partial charge in [-0.3, -0.25) is 14.4 Å². The summed E-state index contributed by atoms with van der Waals surface area (Å²) < 4.78 is 14.0. The average Bonchev–Trinajstić information content (AvgIpc) is 2.98. The molecule has 41 heavy (non-hydrogen) atoms. The lowest BCUT2D eigenvalue weighted by molar-refractivity contribution is -0.116. The van der Waals surface area contributed by atoms with E-state index in [2.05, 4.69) is 16.0 Å². The second-order valence-electron chi connectivity index (χ2n) is 8.87. The quantitative estimate of drug-likeness (QED) is 0.133. The van der Waals surface area contributed by atoms with Crippen LogP contribution in [-0.4, -0.2) is 23.0 Å². The second kappa shape index (κ2) is 14.3. The van der Waals surface area contributed by atoms with Gasteiger partial charge in [-0.1, -0.05) is 73.1 Å². The third kappa shape index (κ3) is 8.30. The van der Waals surface area contributed by atoms with Crippen molar-refractivity contribution in [3.8, 4) is 0 Å². The Morgan fingerprint density at radius 1 is 0.878 bits per heavy atom. The van der Waals surface area contributed by atoms with Crippen LogP contribution in [0.1, 0.15) is 29.3 Å². The van der Waals surface area contributed by atoms with Gasteiger partial charge in [-0.2, -0.15) is 0 Å². The van der Waals surface area contributed by atoms with Gasteiger partial charge in [-0.25, -0.2) is 4.39 Å². The van der Waals surface area contributed by atoms with Crippen molar-refractivity contribution in [2.75, 3.05) is 10.6 Å². The zero-order valence-electron chi connectivity index (χ0n) is 22.1. The molecule has 0 bridgehead atoms. The first kappa shape index (κ1) is 29.6. The smallest absolute Gasteiger partial charge is 0.272 e. The van der Waals surface area contributed by atoms with E-state index < -0.39 is 22.9 Å². The van der Waals surface area contributed by atoms with Crippen LogP contribution in [0.15, 0.2) is 114 Å². The molecule has 0 aliphatic carbocycles.